The van der Waals surface area contributed by atoms with Gasteiger partial charge in [0.15, 0.2) is 0 Å². The fourth-order valence-corrected chi connectivity index (χ4v) is 2.29. The molecule has 0 radical (unpaired) electrons. The van der Waals surface area contributed by atoms with E-state index in [-0.39, 0.29) is 5.41 Å². The van der Waals surface area contributed by atoms with Crippen LogP contribution < -0.4 is 0 Å². The molecule has 0 atom stereocenters. The number of nitrogens with zero attached hydrogens (tertiary/aromatic N) is 1. The van der Waals surface area contributed by atoms with Gasteiger partial charge in [0.05, 0.1) is 0 Å². The number of hydrogen-bond acceptors (Lipinski definition) is 1. The second-order valence-electron chi connectivity index (χ2n) is 6.56. The second-order valence-corrected chi connectivity index (χ2v) is 6.56. The Kier molecular flexibility index (Phi) is 5.99. The van der Waals surface area contributed by atoms with E-state index in [1.165, 1.54) is 11.3 Å². The van der Waals surface area contributed by atoms with E-state index in [1.807, 2.05) is 25.1 Å². The van der Waals surface area contributed by atoms with Crippen LogP contribution in [-0.2, 0) is 0 Å². The van der Waals surface area contributed by atoms with Crippen molar-refractivity contribution in [3.8, 4) is 0 Å². The summed E-state index contributed by atoms with van der Waals surface area (Å²) in [5.74, 6) is 0. The first-order chi connectivity index (χ1) is 10.2. The summed E-state index contributed by atoms with van der Waals surface area (Å²) in [5, 5.41) is 0. The summed E-state index contributed by atoms with van der Waals surface area (Å²) in [6.45, 7) is 19.2. The summed E-state index contributed by atoms with van der Waals surface area (Å²) in [7, 11) is 2.08. The Morgan fingerprint density at radius 3 is 2.27 bits per heavy atom. The average molecular weight is 295 g/mol. The molecule has 0 saturated heterocycles. The van der Waals surface area contributed by atoms with E-state index in [2.05, 4.69) is 77.1 Å². The van der Waals surface area contributed by atoms with Gasteiger partial charge in [0.1, 0.15) is 0 Å². The van der Waals surface area contributed by atoms with Crippen LogP contribution in [0.2, 0.25) is 0 Å². The molecule has 1 rings (SSSR count). The van der Waals surface area contributed by atoms with Crippen molar-refractivity contribution in [2.75, 3.05) is 7.05 Å². The maximum Gasteiger partial charge on any atom is 0.0414 e. The topological polar surface area (TPSA) is 3.24 Å². The van der Waals surface area contributed by atoms with Crippen LogP contribution in [0.5, 0.6) is 0 Å². The molecule has 0 aliphatic rings. The van der Waals surface area contributed by atoms with Crippen LogP contribution in [0.3, 0.4) is 0 Å². The first kappa shape index (κ1) is 18.0. The molecule has 0 amide bonds. The predicted molar refractivity (Wildman–Crippen MR) is 100 cm³/mol. The van der Waals surface area contributed by atoms with Crippen molar-refractivity contribution in [1.29, 1.82) is 0 Å². The third-order valence-electron chi connectivity index (χ3n) is 4.09. The number of benzene rings is 1. The third kappa shape index (κ3) is 4.00. The summed E-state index contributed by atoms with van der Waals surface area (Å²) in [4.78, 5) is 2.17. The van der Waals surface area contributed by atoms with E-state index in [9.17, 15) is 0 Å². The number of likely N-dealkylation sites (N-methyl/N-ethyl adjacent to an activating group) is 1. The minimum absolute atomic E-state index is 0.112. The molecule has 1 aromatic carbocycles. The van der Waals surface area contributed by atoms with Gasteiger partial charge in [-0.05, 0) is 36.5 Å². The second kappa shape index (κ2) is 7.31. The Morgan fingerprint density at radius 1 is 1.18 bits per heavy atom. The van der Waals surface area contributed by atoms with Gasteiger partial charge in [-0.15, -0.1) is 0 Å². The molecule has 0 aliphatic carbocycles. The highest BCUT2D eigenvalue weighted by Crippen LogP contribution is 2.32. The maximum absolute atomic E-state index is 4.31. The van der Waals surface area contributed by atoms with Crippen molar-refractivity contribution in [2.24, 2.45) is 5.41 Å². The van der Waals surface area contributed by atoms with Gasteiger partial charge in [0.2, 0.25) is 0 Å². The lowest BCUT2D eigenvalue weighted by atomic mass is 9.85. The molecule has 0 aliphatic heterocycles. The molecule has 0 N–H and O–H groups in total. The zero-order chi connectivity index (χ0) is 16.9. The smallest absolute Gasteiger partial charge is 0.0414 e. The van der Waals surface area contributed by atoms with Gasteiger partial charge in [0, 0.05) is 24.0 Å². The zero-order valence-electron chi connectivity index (χ0n) is 14.9. The van der Waals surface area contributed by atoms with Crippen LogP contribution in [0.25, 0.3) is 11.8 Å². The Morgan fingerprint density at radius 2 is 1.77 bits per heavy atom. The first-order valence-electron chi connectivity index (χ1n) is 7.72. The number of allylic oxidation sites excluding steroid dienone is 3. The Hall–Kier alpha value is -2.02. The van der Waals surface area contributed by atoms with Gasteiger partial charge in [-0.2, -0.15) is 0 Å². The lowest BCUT2D eigenvalue weighted by molar-refractivity contribution is 0.475. The van der Waals surface area contributed by atoms with Gasteiger partial charge in [0.25, 0.3) is 0 Å². The fraction of sp³-hybridized carbons (Fsp3) is 0.333. The van der Waals surface area contributed by atoms with E-state index in [0.717, 1.165) is 16.8 Å². The summed E-state index contributed by atoms with van der Waals surface area (Å²) < 4.78 is 0. The highest BCUT2D eigenvalue weighted by atomic mass is 15.1. The minimum Gasteiger partial charge on any atom is -0.345 e. The Balaban J connectivity index is 3.35. The molecule has 1 nitrogen and oxygen atoms in total. The summed E-state index contributed by atoms with van der Waals surface area (Å²) in [5.41, 5.74) is 5.84. The molecule has 118 valence electrons. The average Bonchev–Trinajstić information content (AvgIpc) is 2.49. The van der Waals surface area contributed by atoms with Gasteiger partial charge in [-0.1, -0.05) is 70.3 Å². The molecule has 0 bridgehead atoms. The van der Waals surface area contributed by atoms with Crippen molar-refractivity contribution in [1.82, 2.24) is 4.90 Å². The van der Waals surface area contributed by atoms with Gasteiger partial charge in [-0.25, -0.2) is 0 Å². The van der Waals surface area contributed by atoms with Crippen LogP contribution in [-0.4, -0.2) is 11.9 Å². The van der Waals surface area contributed by atoms with Gasteiger partial charge < -0.3 is 4.90 Å². The normalized spacial score (nSPS) is 13.0. The number of hydrogen-bond donors (Lipinski definition) is 0. The highest BCUT2D eigenvalue weighted by molar-refractivity contribution is 5.72. The maximum atomic E-state index is 4.31. The number of rotatable bonds is 5. The first-order valence-corrected chi connectivity index (χ1v) is 7.72. The molecule has 0 unspecified atom stereocenters. The fourth-order valence-electron chi connectivity index (χ4n) is 2.29. The van der Waals surface area contributed by atoms with Crippen molar-refractivity contribution >= 4 is 11.8 Å². The SMILES string of the molecule is C=Cc1ccccc1C(=C)N(C)C(/C=C\C)=C(\C)C(C)(C)C. The molecule has 22 heavy (non-hydrogen) atoms. The zero-order valence-corrected chi connectivity index (χ0v) is 14.9. The summed E-state index contributed by atoms with van der Waals surface area (Å²) in [6.07, 6.45) is 6.11. The van der Waals surface area contributed by atoms with Crippen molar-refractivity contribution < 1.29 is 0 Å². The van der Waals surface area contributed by atoms with Crippen LogP contribution in [0.1, 0.15) is 45.7 Å². The van der Waals surface area contributed by atoms with E-state index in [4.69, 9.17) is 0 Å². The lowest BCUT2D eigenvalue weighted by Gasteiger charge is -2.30. The van der Waals surface area contributed by atoms with Crippen molar-refractivity contribution in [3.05, 3.63) is 72.0 Å². The molecular formula is C21H29N. The van der Waals surface area contributed by atoms with Crippen LogP contribution >= 0.6 is 0 Å². The summed E-state index contributed by atoms with van der Waals surface area (Å²) in [6, 6.07) is 8.22. The molecule has 0 spiro atoms. The quantitative estimate of drug-likeness (QED) is 0.591. The van der Waals surface area contributed by atoms with Crippen molar-refractivity contribution in [2.45, 2.75) is 34.6 Å². The molecule has 1 aromatic rings. The van der Waals surface area contributed by atoms with Crippen LogP contribution in [0.4, 0.5) is 0 Å². The largest absolute Gasteiger partial charge is 0.345 e. The Bertz CT molecular complexity index is 609. The highest BCUT2D eigenvalue weighted by Gasteiger charge is 2.20. The molecular weight excluding hydrogens is 266 g/mol. The molecule has 1 heteroatoms. The Labute approximate surface area is 136 Å². The van der Waals surface area contributed by atoms with E-state index in [0.29, 0.717) is 0 Å². The van der Waals surface area contributed by atoms with Crippen LogP contribution in [0, 0.1) is 5.41 Å². The summed E-state index contributed by atoms with van der Waals surface area (Å²) >= 11 is 0. The van der Waals surface area contributed by atoms with Gasteiger partial charge in [-0.3, -0.25) is 0 Å². The van der Waals surface area contributed by atoms with Crippen molar-refractivity contribution in [3.63, 3.8) is 0 Å². The molecule has 0 fully saturated rings. The standard InChI is InChI=1S/C21H29N/c1-9-13-20(16(3)21(5,6)7)22(8)17(4)19-15-12-11-14-18(19)10-2/h9-15H,2,4H2,1,3,5-8H3/b13-9-,20-16+. The molecule has 0 heterocycles. The lowest BCUT2D eigenvalue weighted by Crippen LogP contribution is -2.20. The van der Waals surface area contributed by atoms with Gasteiger partial charge >= 0.3 is 0 Å². The van der Waals surface area contributed by atoms with Crippen LogP contribution in [0.15, 0.2) is 60.8 Å². The molecule has 0 saturated carbocycles. The van der Waals surface area contributed by atoms with E-state index < -0.39 is 0 Å². The minimum atomic E-state index is 0.112. The van der Waals surface area contributed by atoms with E-state index in [1.54, 1.807) is 0 Å². The van der Waals surface area contributed by atoms with E-state index >= 15 is 0 Å². The predicted octanol–water partition coefficient (Wildman–Crippen LogP) is 6.13. The third-order valence-corrected chi connectivity index (χ3v) is 4.09. The monoisotopic (exact) mass is 295 g/mol. The molecule has 0 aromatic heterocycles.